The van der Waals surface area contributed by atoms with Crippen LogP contribution in [0.25, 0.3) is 0 Å². The monoisotopic (exact) mass is 702 g/mol. The van der Waals surface area contributed by atoms with Gasteiger partial charge in [0.25, 0.3) is 0 Å². The minimum absolute atomic E-state index is 0.0332. The van der Waals surface area contributed by atoms with E-state index >= 15 is 0 Å². The van der Waals surface area contributed by atoms with Crippen LogP contribution in [0, 0.1) is 13.8 Å². The summed E-state index contributed by atoms with van der Waals surface area (Å²) in [5, 5.41) is 28.2. The second-order valence-corrected chi connectivity index (χ2v) is 13.1. The maximum Gasteiger partial charge on any atom is 0.411 e. The molecule has 2 bridgehead atoms. The molecule has 12 nitrogen and oxygen atoms in total. The van der Waals surface area contributed by atoms with Crippen LogP contribution < -0.4 is 4.90 Å². The molecule has 0 spiro atoms. The lowest BCUT2D eigenvalue weighted by Crippen LogP contribution is -2.45. The molecule has 2 aliphatic rings. The van der Waals surface area contributed by atoms with Crippen molar-refractivity contribution in [3.8, 4) is 0 Å². The third-order valence-electron chi connectivity index (χ3n) is 9.32. The van der Waals surface area contributed by atoms with Crippen molar-refractivity contribution in [2.75, 3.05) is 25.0 Å². The topological polar surface area (TPSA) is 171 Å². The van der Waals surface area contributed by atoms with Gasteiger partial charge < -0.3 is 24.8 Å². The molecule has 1 saturated heterocycles. The Morgan fingerprint density at radius 3 is 1.76 bits per heavy atom. The molecule has 5 rings (SSSR count). The van der Waals surface area contributed by atoms with Crippen LogP contribution in [0.2, 0.25) is 0 Å². The first-order valence-corrected chi connectivity index (χ1v) is 17.2. The summed E-state index contributed by atoms with van der Waals surface area (Å²) in [5.41, 5.74) is 5.44. The van der Waals surface area contributed by atoms with E-state index in [0.717, 1.165) is 36.2 Å². The fraction of sp³-hybridized carbons (Fsp3) is 0.410. The molecule has 2 unspecified atom stereocenters. The van der Waals surface area contributed by atoms with Gasteiger partial charge >= 0.3 is 30.0 Å². The highest BCUT2D eigenvalue weighted by molar-refractivity contribution is 5.95. The molecule has 3 aromatic carbocycles. The molecule has 4 atom stereocenters. The molecule has 12 heteroatoms. The minimum Gasteiger partial charge on any atom is -0.478 e. The van der Waals surface area contributed by atoms with E-state index < -0.39 is 42.2 Å². The highest BCUT2D eigenvalue weighted by Crippen LogP contribution is 2.49. The number of esters is 2. The van der Waals surface area contributed by atoms with Gasteiger partial charge in [-0.3, -0.25) is 9.80 Å². The first-order valence-electron chi connectivity index (χ1n) is 17.2. The summed E-state index contributed by atoms with van der Waals surface area (Å²) >= 11 is 0. The second-order valence-electron chi connectivity index (χ2n) is 13.1. The zero-order valence-electron chi connectivity index (χ0n) is 29.4. The number of anilines is 1. The molecule has 1 heterocycles. The van der Waals surface area contributed by atoms with Gasteiger partial charge in [0.05, 0.1) is 11.1 Å². The third kappa shape index (κ3) is 9.94. The summed E-state index contributed by atoms with van der Waals surface area (Å²) in [7, 11) is 2.20. The minimum atomic E-state index is -2.22. The Balaban J connectivity index is 0.000000233. The Bertz CT molecular complexity index is 1630. The fourth-order valence-corrected chi connectivity index (χ4v) is 6.38. The smallest absolute Gasteiger partial charge is 0.411 e. The fourth-order valence-electron chi connectivity index (χ4n) is 6.38. The van der Waals surface area contributed by atoms with Crippen LogP contribution in [0.1, 0.15) is 100 Å². The summed E-state index contributed by atoms with van der Waals surface area (Å²) in [6, 6.07) is 18.9. The van der Waals surface area contributed by atoms with Crippen molar-refractivity contribution in [1.82, 2.24) is 4.90 Å². The van der Waals surface area contributed by atoms with Gasteiger partial charge in [0.2, 0.25) is 12.2 Å². The number of piperidine rings is 1. The van der Waals surface area contributed by atoms with Crippen molar-refractivity contribution in [2.45, 2.75) is 83.5 Å². The number of carbonyl (C=O) groups is 5. The van der Waals surface area contributed by atoms with Crippen LogP contribution in [0.15, 0.2) is 66.7 Å². The first-order chi connectivity index (χ1) is 24.3. The number of carboxylic acid groups (broad SMARTS) is 3. The zero-order valence-corrected chi connectivity index (χ0v) is 29.4. The van der Waals surface area contributed by atoms with Gasteiger partial charge in [0.15, 0.2) is 0 Å². The zero-order chi connectivity index (χ0) is 37.2. The van der Waals surface area contributed by atoms with Gasteiger partial charge in [-0.2, -0.15) is 0 Å². The summed E-state index contributed by atoms with van der Waals surface area (Å²) in [6.45, 7) is 7.49. The number of hydrogen-bond donors (Lipinski definition) is 3. The number of ether oxygens (including phenoxy) is 2. The number of amides is 1. The molecule has 272 valence electrons. The Morgan fingerprint density at radius 1 is 0.765 bits per heavy atom. The number of fused-ring (bicyclic) bond motifs is 5. The number of aliphatic carboxylic acids is 2. The largest absolute Gasteiger partial charge is 0.478 e. The molecule has 1 fully saturated rings. The lowest BCUT2D eigenvalue weighted by atomic mass is 9.95. The number of carboxylic acids is 2. The normalized spacial score (nSPS) is 17.2. The Labute approximate surface area is 297 Å². The predicted octanol–water partition coefficient (Wildman–Crippen LogP) is 6.84. The van der Waals surface area contributed by atoms with Crippen LogP contribution in [0.3, 0.4) is 0 Å². The molecule has 51 heavy (non-hydrogen) atoms. The van der Waals surface area contributed by atoms with E-state index in [-0.39, 0.29) is 11.1 Å². The number of unbranched alkanes of at least 4 members (excludes halogenated alkanes) is 3. The van der Waals surface area contributed by atoms with Crippen LogP contribution >= 0.6 is 0 Å². The highest BCUT2D eigenvalue weighted by atomic mass is 16.6. The number of likely N-dealkylation sites (tertiary alicyclic amines) is 1. The van der Waals surface area contributed by atoms with E-state index in [2.05, 4.69) is 31.0 Å². The molecule has 3 aromatic rings. The maximum absolute atomic E-state index is 12.2. The van der Waals surface area contributed by atoms with E-state index in [9.17, 15) is 39.3 Å². The number of carbonyl (C=O) groups excluding carboxylic acids is 2. The lowest BCUT2D eigenvalue weighted by molar-refractivity contribution is -0.166. The van der Waals surface area contributed by atoms with Crippen LogP contribution in [0.4, 0.5) is 10.5 Å². The standard InChI is InChI=1S/C20H18O8.C19H28N2O2/c1-11-3-7-13(8-4-11)19(25)27-15(17(21)22)16(18(23)24)28-20(26)14-9-5-12(2)6-10-14;1-3-4-5-6-10-21(19(22)23)15-7-8-16-17(13-15)14-9-11-20(2)18(16)12-14/h3-10,15-16H,1-2H3,(H,21,22)(H,23,24);7-8,13-14,18H,3-6,9-12H2,1-2H3,(H,22,23)/t15-,16-;/m1./s1. The molecular weight excluding hydrogens is 656 g/mol. The predicted molar refractivity (Wildman–Crippen MR) is 189 cm³/mol. The van der Waals surface area contributed by atoms with E-state index in [1.54, 1.807) is 38.1 Å². The van der Waals surface area contributed by atoms with Crippen LogP contribution in [0.5, 0.6) is 0 Å². The Kier molecular flexibility index (Phi) is 13.3. The Hall–Kier alpha value is -5.23. The van der Waals surface area contributed by atoms with Gasteiger partial charge in [0, 0.05) is 18.3 Å². The molecule has 1 aliphatic heterocycles. The summed E-state index contributed by atoms with van der Waals surface area (Å²) in [5.74, 6) is -5.01. The van der Waals surface area contributed by atoms with E-state index in [0.29, 0.717) is 18.5 Å². The molecular formula is C39H46N2O10. The van der Waals surface area contributed by atoms with Crippen LogP contribution in [-0.4, -0.2) is 82.5 Å². The SMILES string of the molecule is CCCCCCN(C(=O)O)c1ccc2c(c1)C1CCN(C)C2C1.Cc1ccc(C(=O)O[C@@H](C(=O)O)[C@@H](OC(=O)c2ccc(C)cc2)C(=O)O)cc1. The first kappa shape index (κ1) is 38.6. The maximum atomic E-state index is 12.2. The second kappa shape index (κ2) is 17.6. The third-order valence-corrected chi connectivity index (χ3v) is 9.32. The van der Waals surface area contributed by atoms with E-state index in [1.165, 1.54) is 66.0 Å². The number of hydrogen-bond acceptors (Lipinski definition) is 8. The van der Waals surface area contributed by atoms with Crippen molar-refractivity contribution < 1.29 is 48.8 Å². The molecule has 1 aliphatic carbocycles. The van der Waals surface area contributed by atoms with E-state index in [1.807, 2.05) is 6.07 Å². The molecule has 1 amide bonds. The number of rotatable bonds is 13. The Morgan fingerprint density at radius 2 is 1.29 bits per heavy atom. The molecule has 3 N–H and O–H groups in total. The quantitative estimate of drug-likeness (QED) is 0.126. The van der Waals surface area contributed by atoms with Gasteiger partial charge in [-0.15, -0.1) is 0 Å². The summed E-state index contributed by atoms with van der Waals surface area (Å²) in [6.07, 6.45) is 1.48. The average molecular weight is 703 g/mol. The van der Waals surface area contributed by atoms with Gasteiger partial charge in [0.1, 0.15) is 0 Å². The van der Waals surface area contributed by atoms with Crippen molar-refractivity contribution >= 4 is 35.7 Å². The summed E-state index contributed by atoms with van der Waals surface area (Å²) < 4.78 is 9.64. The molecule has 0 saturated carbocycles. The number of benzene rings is 3. The average Bonchev–Trinajstić information content (AvgIpc) is 3.40. The van der Waals surface area contributed by atoms with E-state index in [4.69, 9.17) is 9.47 Å². The van der Waals surface area contributed by atoms with Gasteiger partial charge in [-0.1, -0.05) is 67.6 Å². The lowest BCUT2D eigenvalue weighted by Gasteiger charge is -2.29. The van der Waals surface area contributed by atoms with Crippen LogP contribution in [-0.2, 0) is 19.1 Å². The van der Waals surface area contributed by atoms with Crippen molar-refractivity contribution in [3.05, 3.63) is 100 Å². The highest BCUT2D eigenvalue weighted by Gasteiger charge is 2.41. The van der Waals surface area contributed by atoms with Gasteiger partial charge in [-0.25, -0.2) is 24.0 Å². The van der Waals surface area contributed by atoms with Crippen molar-refractivity contribution in [3.63, 3.8) is 0 Å². The van der Waals surface area contributed by atoms with Crippen molar-refractivity contribution in [1.29, 1.82) is 0 Å². The van der Waals surface area contributed by atoms with Gasteiger partial charge in [-0.05, 0) is 100 Å². The van der Waals surface area contributed by atoms with Crippen molar-refractivity contribution in [2.24, 2.45) is 0 Å². The summed E-state index contributed by atoms with van der Waals surface area (Å²) in [4.78, 5) is 63.0. The molecule has 0 radical (unpaired) electrons. The number of aryl methyl sites for hydroxylation is 2. The number of nitrogens with zero attached hydrogens (tertiary/aromatic N) is 2. The molecule has 0 aromatic heterocycles.